The van der Waals surface area contributed by atoms with Gasteiger partial charge in [-0.15, -0.1) is 0 Å². The molecule has 1 aromatic heterocycles. The second-order valence-electron chi connectivity index (χ2n) is 7.47. The minimum atomic E-state index is 0.106. The first kappa shape index (κ1) is 13.9. The molecule has 2 saturated carbocycles. The van der Waals surface area contributed by atoms with Gasteiger partial charge in [0.2, 0.25) is 0 Å². The van der Waals surface area contributed by atoms with Gasteiger partial charge in [-0.3, -0.25) is 0 Å². The predicted octanol–water partition coefficient (Wildman–Crippen LogP) is 3.23. The summed E-state index contributed by atoms with van der Waals surface area (Å²) in [7, 11) is 2.19. The Morgan fingerprint density at radius 2 is 1.90 bits per heavy atom. The van der Waals surface area contributed by atoms with E-state index in [-0.39, 0.29) is 5.41 Å². The maximum Gasteiger partial charge on any atom is 0.129 e. The molecule has 20 heavy (non-hydrogen) atoms. The molecule has 0 atom stereocenters. The van der Waals surface area contributed by atoms with Crippen LogP contribution in [0.4, 0.5) is 5.82 Å². The number of aromatic nitrogens is 1. The van der Waals surface area contributed by atoms with Crippen molar-refractivity contribution in [3.63, 3.8) is 0 Å². The van der Waals surface area contributed by atoms with Gasteiger partial charge in [-0.05, 0) is 43.4 Å². The summed E-state index contributed by atoms with van der Waals surface area (Å²) in [6.45, 7) is 7.71. The van der Waals surface area contributed by atoms with Crippen LogP contribution >= 0.6 is 0 Å². The molecule has 2 fully saturated rings. The molecule has 2 aliphatic carbocycles. The smallest absolute Gasteiger partial charge is 0.129 e. The second kappa shape index (κ2) is 5.03. The molecule has 0 aliphatic heterocycles. The van der Waals surface area contributed by atoms with E-state index in [1.54, 1.807) is 0 Å². The lowest BCUT2D eigenvalue weighted by atomic mass is 9.90. The van der Waals surface area contributed by atoms with Gasteiger partial charge in [0.25, 0.3) is 0 Å². The Labute approximate surface area is 122 Å². The Balaban J connectivity index is 1.84. The highest BCUT2D eigenvalue weighted by molar-refractivity contribution is 5.45. The number of hydrogen-bond donors (Lipinski definition) is 1. The molecule has 0 saturated heterocycles. The van der Waals surface area contributed by atoms with Crippen LogP contribution in [0.1, 0.15) is 57.7 Å². The third kappa shape index (κ3) is 3.32. The van der Waals surface area contributed by atoms with Crippen LogP contribution in [0.5, 0.6) is 0 Å². The van der Waals surface area contributed by atoms with Crippen molar-refractivity contribution in [2.24, 2.45) is 0 Å². The average molecular weight is 273 g/mol. The van der Waals surface area contributed by atoms with Crippen LogP contribution in [0.3, 0.4) is 0 Å². The summed E-state index contributed by atoms with van der Waals surface area (Å²) in [5.41, 5.74) is 2.68. The lowest BCUT2D eigenvalue weighted by Crippen LogP contribution is -2.24. The Bertz CT molecular complexity index is 481. The molecule has 3 heteroatoms. The first-order valence-corrected chi connectivity index (χ1v) is 7.91. The molecule has 3 nitrogen and oxygen atoms in total. The molecule has 0 bridgehead atoms. The third-order valence-electron chi connectivity index (χ3n) is 4.27. The topological polar surface area (TPSA) is 28.2 Å². The quantitative estimate of drug-likeness (QED) is 0.892. The number of nitrogens with one attached hydrogen (secondary N) is 1. The Morgan fingerprint density at radius 3 is 2.45 bits per heavy atom. The summed E-state index contributed by atoms with van der Waals surface area (Å²) >= 11 is 0. The number of rotatable bonds is 5. The highest BCUT2D eigenvalue weighted by Gasteiger charge is 2.28. The number of pyridine rings is 1. The summed E-state index contributed by atoms with van der Waals surface area (Å²) in [5, 5.41) is 3.62. The fourth-order valence-electron chi connectivity index (χ4n) is 2.44. The molecule has 0 radical (unpaired) electrons. The summed E-state index contributed by atoms with van der Waals surface area (Å²) in [6.07, 6.45) is 5.30. The third-order valence-corrected chi connectivity index (χ3v) is 4.27. The van der Waals surface area contributed by atoms with E-state index in [0.29, 0.717) is 6.04 Å². The van der Waals surface area contributed by atoms with Crippen molar-refractivity contribution in [1.29, 1.82) is 0 Å². The van der Waals surface area contributed by atoms with Gasteiger partial charge in [0.05, 0.1) is 0 Å². The maximum atomic E-state index is 4.91. The van der Waals surface area contributed by atoms with E-state index in [1.807, 2.05) is 0 Å². The van der Waals surface area contributed by atoms with Crippen molar-refractivity contribution in [2.75, 3.05) is 11.9 Å². The van der Waals surface area contributed by atoms with E-state index in [9.17, 15) is 0 Å². The van der Waals surface area contributed by atoms with Gasteiger partial charge in [0.1, 0.15) is 5.82 Å². The van der Waals surface area contributed by atoms with Crippen molar-refractivity contribution >= 4 is 5.82 Å². The molecule has 0 aromatic carbocycles. The Kier molecular flexibility index (Phi) is 3.49. The zero-order chi connectivity index (χ0) is 14.3. The largest absolute Gasteiger partial charge is 0.357 e. The summed E-state index contributed by atoms with van der Waals surface area (Å²) < 4.78 is 0. The van der Waals surface area contributed by atoms with E-state index >= 15 is 0 Å². The minimum Gasteiger partial charge on any atom is -0.357 e. The van der Waals surface area contributed by atoms with Crippen molar-refractivity contribution in [2.45, 2.75) is 70.5 Å². The molecule has 1 aromatic rings. The fourth-order valence-corrected chi connectivity index (χ4v) is 2.44. The monoisotopic (exact) mass is 273 g/mol. The average Bonchev–Trinajstić information content (AvgIpc) is 3.27. The lowest BCUT2D eigenvalue weighted by Gasteiger charge is -2.24. The number of nitrogens with zero attached hydrogens (tertiary/aromatic N) is 2. The zero-order valence-corrected chi connectivity index (χ0v) is 13.2. The number of hydrogen-bond acceptors (Lipinski definition) is 3. The molecular formula is C17H27N3. The number of anilines is 1. The standard InChI is InChI=1S/C17H27N3/c1-17(2,3)15-9-12(11-18-13-5-6-13)10-16(19-15)20(4)14-7-8-14/h9-10,13-14,18H,5-8,11H2,1-4H3. The van der Waals surface area contributed by atoms with Gasteiger partial charge in [0, 0.05) is 36.8 Å². The van der Waals surface area contributed by atoms with Gasteiger partial charge in [-0.1, -0.05) is 20.8 Å². The highest BCUT2D eigenvalue weighted by Crippen LogP contribution is 2.31. The van der Waals surface area contributed by atoms with Crippen molar-refractivity contribution < 1.29 is 0 Å². The molecule has 2 aliphatic rings. The lowest BCUT2D eigenvalue weighted by molar-refractivity contribution is 0.565. The van der Waals surface area contributed by atoms with Gasteiger partial charge in [-0.2, -0.15) is 0 Å². The van der Waals surface area contributed by atoms with Crippen LogP contribution in [0.2, 0.25) is 0 Å². The van der Waals surface area contributed by atoms with Crippen molar-refractivity contribution in [3.05, 3.63) is 23.4 Å². The molecule has 1 heterocycles. The van der Waals surface area contributed by atoms with E-state index < -0.39 is 0 Å². The van der Waals surface area contributed by atoms with E-state index in [1.165, 1.54) is 36.9 Å². The Hall–Kier alpha value is -1.09. The van der Waals surface area contributed by atoms with Crippen LogP contribution in [-0.4, -0.2) is 24.1 Å². The summed E-state index contributed by atoms with van der Waals surface area (Å²) in [5.74, 6) is 1.15. The molecule has 0 amide bonds. The summed E-state index contributed by atoms with van der Waals surface area (Å²) in [4.78, 5) is 7.26. The molecular weight excluding hydrogens is 246 g/mol. The van der Waals surface area contributed by atoms with Crippen molar-refractivity contribution in [1.82, 2.24) is 10.3 Å². The van der Waals surface area contributed by atoms with Crippen LogP contribution in [0.15, 0.2) is 12.1 Å². The van der Waals surface area contributed by atoms with Crippen LogP contribution in [0.25, 0.3) is 0 Å². The predicted molar refractivity (Wildman–Crippen MR) is 84.2 cm³/mol. The van der Waals surface area contributed by atoms with E-state index in [2.05, 4.69) is 50.2 Å². The van der Waals surface area contributed by atoms with Crippen LogP contribution in [0, 0.1) is 0 Å². The van der Waals surface area contributed by atoms with E-state index in [0.717, 1.165) is 18.4 Å². The summed E-state index contributed by atoms with van der Waals surface area (Å²) in [6, 6.07) is 6.01. The molecule has 0 unspecified atom stereocenters. The molecule has 0 spiro atoms. The maximum absolute atomic E-state index is 4.91. The normalized spacial score (nSPS) is 19.2. The first-order chi connectivity index (χ1) is 9.43. The van der Waals surface area contributed by atoms with Gasteiger partial charge < -0.3 is 10.2 Å². The van der Waals surface area contributed by atoms with Crippen molar-refractivity contribution in [3.8, 4) is 0 Å². The van der Waals surface area contributed by atoms with Crippen LogP contribution < -0.4 is 10.2 Å². The van der Waals surface area contributed by atoms with Gasteiger partial charge in [0.15, 0.2) is 0 Å². The fraction of sp³-hybridized carbons (Fsp3) is 0.706. The van der Waals surface area contributed by atoms with Crippen LogP contribution in [-0.2, 0) is 12.0 Å². The molecule has 110 valence electrons. The minimum absolute atomic E-state index is 0.106. The molecule has 3 rings (SSSR count). The van der Waals surface area contributed by atoms with Gasteiger partial charge >= 0.3 is 0 Å². The SMILES string of the molecule is CN(c1cc(CNC2CC2)cc(C(C)(C)C)n1)C1CC1. The van der Waals surface area contributed by atoms with Gasteiger partial charge in [-0.25, -0.2) is 4.98 Å². The molecule has 1 N–H and O–H groups in total. The zero-order valence-electron chi connectivity index (χ0n) is 13.2. The highest BCUT2D eigenvalue weighted by atomic mass is 15.2. The second-order valence-corrected chi connectivity index (χ2v) is 7.47. The Morgan fingerprint density at radius 1 is 1.20 bits per heavy atom. The van der Waals surface area contributed by atoms with E-state index in [4.69, 9.17) is 4.98 Å². The first-order valence-electron chi connectivity index (χ1n) is 7.91.